The van der Waals surface area contributed by atoms with E-state index in [-0.39, 0.29) is 22.4 Å². The molecule has 0 spiro atoms. The number of amides is 1. The van der Waals surface area contributed by atoms with E-state index in [4.69, 9.17) is 0 Å². The maximum atomic E-state index is 14.1. The molecule has 2 aromatic carbocycles. The third-order valence-electron chi connectivity index (χ3n) is 4.29. The lowest BCUT2D eigenvalue weighted by molar-refractivity contribution is -0.141. The van der Waals surface area contributed by atoms with Crippen LogP contribution in [0.5, 0.6) is 0 Å². The van der Waals surface area contributed by atoms with Crippen molar-refractivity contribution in [3.63, 3.8) is 0 Å². The van der Waals surface area contributed by atoms with Crippen LogP contribution in [0.4, 0.5) is 23.2 Å². The summed E-state index contributed by atoms with van der Waals surface area (Å²) in [6.07, 6.45) is -3.40. The van der Waals surface area contributed by atoms with Gasteiger partial charge in [0.1, 0.15) is 5.82 Å². The number of hydrogen-bond acceptors (Lipinski definition) is 4. The summed E-state index contributed by atoms with van der Waals surface area (Å²) >= 11 is 0. The van der Waals surface area contributed by atoms with Crippen molar-refractivity contribution in [1.82, 2.24) is 9.78 Å². The maximum Gasteiger partial charge on any atom is 0.435 e. The number of nitrogens with zero attached hydrogens (tertiary/aromatic N) is 2. The Balaban J connectivity index is 1.81. The number of carbonyl (C=O) groups is 2. The normalized spacial score (nSPS) is 11.3. The molecule has 30 heavy (non-hydrogen) atoms. The van der Waals surface area contributed by atoms with Crippen LogP contribution >= 0.6 is 0 Å². The minimum absolute atomic E-state index is 0.0644. The fourth-order valence-corrected chi connectivity index (χ4v) is 2.62. The number of benzene rings is 2. The molecule has 1 amide bonds. The number of methoxy groups -OCH3 is 1. The van der Waals surface area contributed by atoms with Gasteiger partial charge in [-0.3, -0.25) is 4.79 Å². The zero-order valence-corrected chi connectivity index (χ0v) is 15.7. The Labute approximate surface area is 168 Å². The van der Waals surface area contributed by atoms with Gasteiger partial charge in [-0.25, -0.2) is 13.9 Å². The van der Waals surface area contributed by atoms with Crippen LogP contribution in [0, 0.1) is 12.7 Å². The summed E-state index contributed by atoms with van der Waals surface area (Å²) in [7, 11) is 1.15. The van der Waals surface area contributed by atoms with E-state index in [1.165, 1.54) is 37.3 Å². The third-order valence-corrected chi connectivity index (χ3v) is 4.29. The van der Waals surface area contributed by atoms with E-state index < -0.39 is 29.6 Å². The standard InChI is InChI=1S/C20H15F4N3O3/c1-11-15(21)9-13(19(29)30-2)10-16(11)25-18(28)12-3-5-14(6-4-12)27-8-7-17(26-27)20(22,23)24/h3-10H,1-2H3,(H,25,28). The molecule has 0 unspecified atom stereocenters. The molecule has 6 nitrogen and oxygen atoms in total. The second-order valence-corrected chi connectivity index (χ2v) is 6.27. The molecule has 3 rings (SSSR count). The van der Waals surface area contributed by atoms with Crippen molar-refractivity contribution in [3.05, 3.63) is 76.9 Å². The van der Waals surface area contributed by atoms with E-state index in [1.54, 1.807) is 0 Å². The minimum atomic E-state index is -4.56. The Kier molecular flexibility index (Phi) is 5.59. The van der Waals surface area contributed by atoms with Gasteiger partial charge in [0.25, 0.3) is 5.91 Å². The van der Waals surface area contributed by atoms with Crippen LogP contribution in [-0.4, -0.2) is 28.8 Å². The molecule has 0 fully saturated rings. The maximum absolute atomic E-state index is 14.1. The van der Waals surface area contributed by atoms with Crippen molar-refractivity contribution < 1.29 is 31.9 Å². The van der Waals surface area contributed by atoms with E-state index in [9.17, 15) is 27.2 Å². The van der Waals surface area contributed by atoms with E-state index in [2.05, 4.69) is 15.2 Å². The summed E-state index contributed by atoms with van der Waals surface area (Å²) in [5, 5.41) is 5.97. The molecular weight excluding hydrogens is 406 g/mol. The largest absolute Gasteiger partial charge is 0.465 e. The highest BCUT2D eigenvalue weighted by molar-refractivity contribution is 6.05. The van der Waals surface area contributed by atoms with Crippen LogP contribution in [0.3, 0.4) is 0 Å². The Hall–Kier alpha value is -3.69. The number of esters is 1. The topological polar surface area (TPSA) is 73.2 Å². The first-order valence-corrected chi connectivity index (χ1v) is 8.53. The highest BCUT2D eigenvalue weighted by Gasteiger charge is 2.33. The molecule has 3 aromatic rings. The molecule has 0 aliphatic heterocycles. The van der Waals surface area contributed by atoms with Gasteiger partial charge in [0.15, 0.2) is 5.69 Å². The van der Waals surface area contributed by atoms with Gasteiger partial charge in [-0.05, 0) is 49.4 Å². The van der Waals surface area contributed by atoms with Crippen LogP contribution in [0.2, 0.25) is 0 Å². The zero-order valence-electron chi connectivity index (χ0n) is 15.7. The Morgan fingerprint density at radius 3 is 2.30 bits per heavy atom. The van der Waals surface area contributed by atoms with Gasteiger partial charge in [-0.2, -0.15) is 18.3 Å². The minimum Gasteiger partial charge on any atom is -0.465 e. The third kappa shape index (κ3) is 4.32. The average Bonchev–Trinajstić information content (AvgIpc) is 3.21. The summed E-state index contributed by atoms with van der Waals surface area (Å²) in [5.41, 5.74) is -0.393. The van der Waals surface area contributed by atoms with Crippen LogP contribution in [-0.2, 0) is 10.9 Å². The van der Waals surface area contributed by atoms with E-state index >= 15 is 0 Å². The van der Waals surface area contributed by atoms with Crippen LogP contribution in [0.25, 0.3) is 5.69 Å². The Bertz CT molecular complexity index is 1110. The molecule has 1 heterocycles. The van der Waals surface area contributed by atoms with Crippen LogP contribution < -0.4 is 5.32 Å². The van der Waals surface area contributed by atoms with Crippen LogP contribution in [0.1, 0.15) is 32.0 Å². The van der Waals surface area contributed by atoms with Gasteiger partial charge in [-0.15, -0.1) is 0 Å². The Morgan fingerprint density at radius 1 is 1.07 bits per heavy atom. The van der Waals surface area contributed by atoms with Gasteiger partial charge >= 0.3 is 12.1 Å². The predicted molar refractivity (Wildman–Crippen MR) is 99.0 cm³/mol. The number of aromatic nitrogens is 2. The van der Waals surface area contributed by atoms with Gasteiger partial charge in [0, 0.05) is 23.0 Å². The molecular formula is C20H15F4N3O3. The van der Waals surface area contributed by atoms with Crippen molar-refractivity contribution in [2.45, 2.75) is 13.1 Å². The van der Waals surface area contributed by atoms with Gasteiger partial charge in [0.05, 0.1) is 18.4 Å². The number of anilines is 1. The van der Waals surface area contributed by atoms with Crippen molar-refractivity contribution in [2.75, 3.05) is 12.4 Å². The molecule has 0 saturated heterocycles. The van der Waals surface area contributed by atoms with Crippen molar-refractivity contribution >= 4 is 17.6 Å². The van der Waals surface area contributed by atoms with Gasteiger partial charge < -0.3 is 10.1 Å². The molecule has 0 aliphatic carbocycles. The summed E-state index contributed by atoms with van der Waals surface area (Å²) in [5.74, 6) is -2.04. The zero-order chi connectivity index (χ0) is 22.1. The molecule has 10 heteroatoms. The van der Waals surface area contributed by atoms with E-state index in [0.717, 1.165) is 30.1 Å². The fraction of sp³-hybridized carbons (Fsp3) is 0.150. The summed E-state index contributed by atoms with van der Waals surface area (Å²) < 4.78 is 57.7. The number of ether oxygens (including phenoxy) is 1. The highest BCUT2D eigenvalue weighted by atomic mass is 19.4. The molecule has 1 aromatic heterocycles. The summed E-state index contributed by atoms with van der Waals surface area (Å²) in [6.45, 7) is 1.44. The number of rotatable bonds is 4. The first-order valence-electron chi connectivity index (χ1n) is 8.53. The Morgan fingerprint density at radius 2 is 1.73 bits per heavy atom. The fourth-order valence-electron chi connectivity index (χ4n) is 2.62. The summed E-state index contributed by atoms with van der Waals surface area (Å²) in [4.78, 5) is 24.1. The molecule has 0 bridgehead atoms. The average molecular weight is 421 g/mol. The number of hydrogen-bond donors (Lipinski definition) is 1. The molecule has 1 N–H and O–H groups in total. The lowest BCUT2D eigenvalue weighted by Gasteiger charge is -2.11. The first kappa shape index (κ1) is 21.0. The molecule has 0 radical (unpaired) electrons. The molecule has 0 saturated carbocycles. The molecule has 156 valence electrons. The predicted octanol–water partition coefficient (Wildman–Crippen LogP) is 4.38. The lowest BCUT2D eigenvalue weighted by Crippen LogP contribution is -2.14. The van der Waals surface area contributed by atoms with E-state index in [1.807, 2.05) is 0 Å². The summed E-state index contributed by atoms with van der Waals surface area (Å²) in [6, 6.07) is 8.74. The number of carbonyl (C=O) groups excluding carboxylic acids is 2. The monoisotopic (exact) mass is 421 g/mol. The lowest BCUT2D eigenvalue weighted by atomic mass is 10.1. The van der Waals surface area contributed by atoms with Gasteiger partial charge in [-0.1, -0.05) is 0 Å². The number of alkyl halides is 3. The molecule has 0 atom stereocenters. The smallest absolute Gasteiger partial charge is 0.435 e. The highest BCUT2D eigenvalue weighted by Crippen LogP contribution is 2.28. The second-order valence-electron chi connectivity index (χ2n) is 6.27. The van der Waals surface area contributed by atoms with Crippen molar-refractivity contribution in [3.8, 4) is 5.69 Å². The number of nitrogens with one attached hydrogen (secondary N) is 1. The quantitative estimate of drug-likeness (QED) is 0.501. The first-order chi connectivity index (χ1) is 14.1. The van der Waals surface area contributed by atoms with Crippen molar-refractivity contribution in [2.24, 2.45) is 0 Å². The van der Waals surface area contributed by atoms with Crippen molar-refractivity contribution in [1.29, 1.82) is 0 Å². The SMILES string of the molecule is COC(=O)c1cc(F)c(C)c(NC(=O)c2ccc(-n3ccc(C(F)(F)F)n3)cc2)c1. The molecule has 0 aliphatic rings. The second kappa shape index (κ2) is 7.97. The number of halogens is 4. The van der Waals surface area contributed by atoms with Crippen LogP contribution in [0.15, 0.2) is 48.7 Å². The van der Waals surface area contributed by atoms with E-state index in [0.29, 0.717) is 5.69 Å². The van der Waals surface area contributed by atoms with Gasteiger partial charge in [0.2, 0.25) is 0 Å².